The van der Waals surface area contributed by atoms with Crippen LogP contribution in [0.15, 0.2) is 29.3 Å². The Morgan fingerprint density at radius 1 is 1.62 bits per heavy atom. The van der Waals surface area contributed by atoms with Crippen molar-refractivity contribution in [1.29, 1.82) is 0 Å². The van der Waals surface area contributed by atoms with Gasteiger partial charge < -0.3 is 5.32 Å². The first-order valence-corrected chi connectivity index (χ1v) is 4.75. The second kappa shape index (κ2) is 4.42. The molecule has 0 amide bonds. The van der Waals surface area contributed by atoms with Crippen molar-refractivity contribution in [3.05, 3.63) is 40.6 Å². The van der Waals surface area contributed by atoms with Gasteiger partial charge in [0.2, 0.25) is 0 Å². The highest BCUT2D eigenvalue weighted by atomic mass is 79.9. The fourth-order valence-electron chi connectivity index (χ4n) is 1.10. The zero-order valence-corrected chi connectivity index (χ0v) is 8.99. The van der Waals surface area contributed by atoms with Crippen LogP contribution in [-0.4, -0.2) is 6.54 Å². The van der Waals surface area contributed by atoms with Gasteiger partial charge in [-0.25, -0.2) is 4.39 Å². The van der Waals surface area contributed by atoms with Gasteiger partial charge in [0, 0.05) is 11.0 Å². The molecule has 0 aliphatic rings. The zero-order valence-electron chi connectivity index (χ0n) is 7.40. The minimum Gasteiger partial charge on any atom is -0.379 e. The highest BCUT2D eigenvalue weighted by Crippen LogP contribution is 2.23. The molecule has 1 nitrogen and oxygen atoms in total. The average Bonchev–Trinajstić information content (AvgIpc) is 2.02. The smallest absolute Gasteiger partial charge is 0.147 e. The van der Waals surface area contributed by atoms with Crippen LogP contribution in [0.2, 0.25) is 0 Å². The number of aryl methyl sites for hydroxylation is 1. The first-order chi connectivity index (χ1) is 6.15. The third kappa shape index (κ3) is 2.56. The van der Waals surface area contributed by atoms with Gasteiger partial charge in [-0.2, -0.15) is 0 Å². The highest BCUT2D eigenvalue weighted by Gasteiger charge is 2.05. The number of anilines is 1. The number of rotatable bonds is 3. The van der Waals surface area contributed by atoms with Crippen molar-refractivity contribution in [2.75, 3.05) is 11.9 Å². The maximum Gasteiger partial charge on any atom is 0.147 e. The van der Waals surface area contributed by atoms with Crippen molar-refractivity contribution in [1.82, 2.24) is 0 Å². The molecule has 0 radical (unpaired) electrons. The summed E-state index contributed by atoms with van der Waals surface area (Å²) in [5.41, 5.74) is 1.43. The minimum absolute atomic E-state index is 0.242. The predicted molar refractivity (Wildman–Crippen MR) is 57.5 cm³/mol. The molecule has 1 aromatic carbocycles. The molecule has 0 bridgehead atoms. The van der Waals surface area contributed by atoms with Gasteiger partial charge in [0.15, 0.2) is 0 Å². The molecular formula is C10H11BrFN. The van der Waals surface area contributed by atoms with E-state index in [1.54, 1.807) is 6.08 Å². The van der Waals surface area contributed by atoms with Gasteiger partial charge >= 0.3 is 0 Å². The van der Waals surface area contributed by atoms with Gasteiger partial charge in [-0.15, -0.1) is 6.58 Å². The quantitative estimate of drug-likeness (QED) is 0.802. The summed E-state index contributed by atoms with van der Waals surface area (Å²) in [5, 5.41) is 2.94. The minimum atomic E-state index is -0.242. The molecule has 0 saturated heterocycles. The van der Waals surface area contributed by atoms with Gasteiger partial charge in [-0.3, -0.25) is 0 Å². The van der Waals surface area contributed by atoms with Gasteiger partial charge in [-0.05, 0) is 24.6 Å². The van der Waals surface area contributed by atoms with Crippen molar-refractivity contribution >= 4 is 21.6 Å². The lowest BCUT2D eigenvalue weighted by molar-refractivity contribution is 0.629. The molecule has 0 atom stereocenters. The number of hydrogen-bond donors (Lipinski definition) is 1. The predicted octanol–water partition coefficient (Wildman–Crippen LogP) is 3.49. The summed E-state index contributed by atoms with van der Waals surface area (Å²) < 4.78 is 14.1. The van der Waals surface area contributed by atoms with Crippen molar-refractivity contribution in [2.45, 2.75) is 6.92 Å². The molecule has 1 aromatic rings. The first kappa shape index (κ1) is 10.3. The van der Waals surface area contributed by atoms with E-state index >= 15 is 0 Å². The molecule has 3 heteroatoms. The van der Waals surface area contributed by atoms with E-state index in [0.717, 1.165) is 10.0 Å². The normalized spacial score (nSPS) is 9.77. The Morgan fingerprint density at radius 3 is 2.85 bits per heavy atom. The van der Waals surface area contributed by atoms with Crippen LogP contribution in [0.3, 0.4) is 0 Å². The Kier molecular flexibility index (Phi) is 3.48. The van der Waals surface area contributed by atoms with Crippen molar-refractivity contribution in [3.8, 4) is 0 Å². The van der Waals surface area contributed by atoms with Crippen LogP contribution in [0.5, 0.6) is 0 Å². The van der Waals surface area contributed by atoms with Crippen LogP contribution >= 0.6 is 15.9 Å². The molecule has 0 fully saturated rings. The van der Waals surface area contributed by atoms with Crippen LogP contribution < -0.4 is 5.32 Å². The third-order valence-electron chi connectivity index (χ3n) is 1.68. The molecule has 0 aromatic heterocycles. The van der Waals surface area contributed by atoms with E-state index in [1.807, 2.05) is 13.0 Å². The Bertz CT molecular complexity index is 300. The Hall–Kier alpha value is -0.830. The molecule has 0 aliphatic heterocycles. The van der Waals surface area contributed by atoms with Crippen LogP contribution in [0.25, 0.3) is 0 Å². The Morgan fingerprint density at radius 2 is 2.31 bits per heavy atom. The van der Waals surface area contributed by atoms with E-state index in [9.17, 15) is 4.39 Å². The number of halogens is 2. The largest absolute Gasteiger partial charge is 0.379 e. The third-order valence-corrected chi connectivity index (χ3v) is 2.13. The second-order valence-corrected chi connectivity index (χ2v) is 3.66. The van der Waals surface area contributed by atoms with Gasteiger partial charge in [0.05, 0.1) is 5.69 Å². The molecule has 1 rings (SSSR count). The van der Waals surface area contributed by atoms with E-state index in [1.165, 1.54) is 6.07 Å². The Labute approximate surface area is 85.8 Å². The van der Waals surface area contributed by atoms with E-state index in [2.05, 4.69) is 27.8 Å². The standard InChI is InChI=1S/C10H11BrFN/c1-3-4-13-10-7(2)5-8(11)6-9(10)12/h3,5-6,13H,1,4H2,2H3. The van der Waals surface area contributed by atoms with Gasteiger partial charge in [0.1, 0.15) is 5.82 Å². The van der Waals surface area contributed by atoms with Crippen LogP contribution in [0.4, 0.5) is 10.1 Å². The molecule has 0 spiro atoms. The van der Waals surface area contributed by atoms with Crippen LogP contribution in [0.1, 0.15) is 5.56 Å². The first-order valence-electron chi connectivity index (χ1n) is 3.95. The second-order valence-electron chi connectivity index (χ2n) is 2.75. The fourth-order valence-corrected chi connectivity index (χ4v) is 1.64. The number of hydrogen-bond acceptors (Lipinski definition) is 1. The fraction of sp³-hybridized carbons (Fsp3) is 0.200. The average molecular weight is 244 g/mol. The van der Waals surface area contributed by atoms with Gasteiger partial charge in [0.25, 0.3) is 0 Å². The molecule has 0 heterocycles. The topological polar surface area (TPSA) is 12.0 Å². The summed E-state index contributed by atoms with van der Waals surface area (Å²) in [4.78, 5) is 0. The van der Waals surface area contributed by atoms with Crippen LogP contribution in [-0.2, 0) is 0 Å². The van der Waals surface area contributed by atoms with E-state index in [-0.39, 0.29) is 5.82 Å². The number of benzene rings is 1. The molecule has 13 heavy (non-hydrogen) atoms. The Balaban J connectivity index is 2.98. The maximum atomic E-state index is 13.3. The van der Waals surface area contributed by atoms with Crippen molar-refractivity contribution in [2.24, 2.45) is 0 Å². The summed E-state index contributed by atoms with van der Waals surface area (Å²) in [7, 11) is 0. The summed E-state index contributed by atoms with van der Waals surface area (Å²) >= 11 is 3.23. The summed E-state index contributed by atoms with van der Waals surface area (Å²) in [5.74, 6) is -0.242. The van der Waals surface area contributed by atoms with Crippen LogP contribution in [0, 0.1) is 12.7 Å². The van der Waals surface area contributed by atoms with Crippen molar-refractivity contribution < 1.29 is 4.39 Å². The van der Waals surface area contributed by atoms with E-state index in [0.29, 0.717) is 12.2 Å². The summed E-state index contributed by atoms with van der Waals surface area (Å²) in [6.07, 6.45) is 1.70. The van der Waals surface area contributed by atoms with E-state index in [4.69, 9.17) is 0 Å². The summed E-state index contributed by atoms with van der Waals surface area (Å²) in [6, 6.07) is 3.31. The lowest BCUT2D eigenvalue weighted by Crippen LogP contribution is -2.02. The molecule has 70 valence electrons. The van der Waals surface area contributed by atoms with Crippen molar-refractivity contribution in [3.63, 3.8) is 0 Å². The monoisotopic (exact) mass is 243 g/mol. The van der Waals surface area contributed by atoms with Gasteiger partial charge in [-0.1, -0.05) is 22.0 Å². The molecule has 1 N–H and O–H groups in total. The SMILES string of the molecule is C=CCNc1c(C)cc(Br)cc1F. The molecule has 0 aliphatic carbocycles. The zero-order chi connectivity index (χ0) is 9.84. The number of nitrogens with one attached hydrogen (secondary N) is 1. The molecule has 0 unspecified atom stereocenters. The lowest BCUT2D eigenvalue weighted by Gasteiger charge is -2.08. The summed E-state index contributed by atoms with van der Waals surface area (Å²) in [6.45, 7) is 5.99. The molecule has 0 saturated carbocycles. The maximum absolute atomic E-state index is 13.3. The highest BCUT2D eigenvalue weighted by molar-refractivity contribution is 9.10. The lowest BCUT2D eigenvalue weighted by atomic mass is 10.2. The molecular weight excluding hydrogens is 233 g/mol. The van der Waals surface area contributed by atoms with E-state index < -0.39 is 0 Å².